The highest BCUT2D eigenvalue weighted by Gasteiger charge is 2.14. The fraction of sp³-hybridized carbons (Fsp3) is 0.148. The lowest BCUT2D eigenvalue weighted by atomic mass is 10.1. The van der Waals surface area contributed by atoms with Crippen molar-refractivity contribution in [3.63, 3.8) is 0 Å². The summed E-state index contributed by atoms with van der Waals surface area (Å²) < 4.78 is 19.2. The molecule has 37 heavy (non-hydrogen) atoms. The Hall–Kier alpha value is -3.63. The summed E-state index contributed by atoms with van der Waals surface area (Å²) in [5, 5.41) is 16.7. The molecule has 0 fully saturated rings. The van der Waals surface area contributed by atoms with Gasteiger partial charge < -0.3 is 20.5 Å². The van der Waals surface area contributed by atoms with Crippen molar-refractivity contribution in [3.05, 3.63) is 95.0 Å². The molecule has 3 aromatic carbocycles. The first-order valence-electron chi connectivity index (χ1n) is 11.6. The number of thiazole rings is 1. The van der Waals surface area contributed by atoms with Crippen molar-refractivity contribution in [1.82, 2.24) is 20.3 Å². The fourth-order valence-corrected chi connectivity index (χ4v) is 4.85. The van der Waals surface area contributed by atoms with Crippen LogP contribution in [-0.2, 0) is 13.2 Å². The van der Waals surface area contributed by atoms with E-state index in [1.54, 1.807) is 24.3 Å². The highest BCUT2D eigenvalue weighted by atomic mass is 35.5. The molecule has 0 aliphatic heterocycles. The topological polar surface area (TPSA) is 92.2 Å². The first-order chi connectivity index (χ1) is 18.1. The molecule has 0 aliphatic rings. The minimum absolute atomic E-state index is 0.0991. The SMILES string of the molecule is OCCNCc1cccc(-c2nc3c(Nc4ccc(OCc5cccc(F)c5)c(Cl)c4)ncnc3s2)c1. The van der Waals surface area contributed by atoms with E-state index in [0.29, 0.717) is 40.8 Å². The molecule has 0 aliphatic carbocycles. The Balaban J connectivity index is 1.32. The van der Waals surface area contributed by atoms with Gasteiger partial charge in [-0.1, -0.05) is 53.3 Å². The first-order valence-corrected chi connectivity index (χ1v) is 12.7. The fourth-order valence-electron chi connectivity index (χ4n) is 3.72. The van der Waals surface area contributed by atoms with E-state index in [2.05, 4.69) is 26.7 Å². The van der Waals surface area contributed by atoms with E-state index >= 15 is 0 Å². The second kappa shape index (κ2) is 11.6. The quantitative estimate of drug-likeness (QED) is 0.190. The number of aliphatic hydroxyl groups is 1. The molecule has 0 unspecified atom stereocenters. The molecule has 10 heteroatoms. The molecular formula is C27H23ClFN5O2S. The van der Waals surface area contributed by atoms with Crippen molar-refractivity contribution in [3.8, 4) is 16.3 Å². The number of aliphatic hydroxyl groups excluding tert-OH is 1. The molecule has 2 aromatic heterocycles. The predicted octanol–water partition coefficient (Wildman–Crippen LogP) is 5.95. The van der Waals surface area contributed by atoms with Crippen LogP contribution in [-0.4, -0.2) is 33.2 Å². The van der Waals surface area contributed by atoms with Crippen LogP contribution in [0, 0.1) is 5.82 Å². The van der Waals surface area contributed by atoms with E-state index in [1.165, 1.54) is 29.8 Å². The van der Waals surface area contributed by atoms with Crippen molar-refractivity contribution < 1.29 is 14.2 Å². The van der Waals surface area contributed by atoms with Gasteiger partial charge in [-0.15, -0.1) is 0 Å². The van der Waals surface area contributed by atoms with Crippen LogP contribution < -0.4 is 15.4 Å². The van der Waals surface area contributed by atoms with Crippen molar-refractivity contribution in [1.29, 1.82) is 0 Å². The van der Waals surface area contributed by atoms with Crippen LogP contribution in [0.25, 0.3) is 20.9 Å². The number of halogens is 2. The highest BCUT2D eigenvalue weighted by molar-refractivity contribution is 7.21. The molecule has 5 aromatic rings. The van der Waals surface area contributed by atoms with Gasteiger partial charge in [-0.25, -0.2) is 19.3 Å². The van der Waals surface area contributed by atoms with E-state index in [0.717, 1.165) is 26.7 Å². The summed E-state index contributed by atoms with van der Waals surface area (Å²) in [7, 11) is 0. The molecule has 0 spiro atoms. The van der Waals surface area contributed by atoms with Crippen LogP contribution >= 0.6 is 22.9 Å². The Morgan fingerprint density at radius 2 is 1.86 bits per heavy atom. The number of fused-ring (bicyclic) bond motifs is 1. The molecule has 3 N–H and O–H groups in total. The van der Waals surface area contributed by atoms with Gasteiger partial charge in [0.15, 0.2) is 5.82 Å². The molecule has 2 heterocycles. The number of rotatable bonds is 10. The van der Waals surface area contributed by atoms with Crippen LogP contribution in [0.1, 0.15) is 11.1 Å². The zero-order valence-corrected chi connectivity index (χ0v) is 21.2. The summed E-state index contributed by atoms with van der Waals surface area (Å²) in [6.07, 6.45) is 1.50. The van der Waals surface area contributed by atoms with E-state index in [4.69, 9.17) is 26.4 Å². The number of ether oxygens (including phenoxy) is 1. The third-order valence-electron chi connectivity index (χ3n) is 5.47. The summed E-state index contributed by atoms with van der Waals surface area (Å²) in [5.41, 5.74) is 4.18. The maximum atomic E-state index is 13.4. The van der Waals surface area contributed by atoms with Crippen LogP contribution in [0.4, 0.5) is 15.9 Å². The second-order valence-electron chi connectivity index (χ2n) is 8.18. The third kappa shape index (κ3) is 6.20. The number of hydrogen-bond donors (Lipinski definition) is 3. The minimum atomic E-state index is -0.309. The van der Waals surface area contributed by atoms with Gasteiger partial charge >= 0.3 is 0 Å². The van der Waals surface area contributed by atoms with Crippen LogP contribution in [0.3, 0.4) is 0 Å². The van der Waals surface area contributed by atoms with E-state index in [-0.39, 0.29) is 19.0 Å². The Morgan fingerprint density at radius 1 is 1.00 bits per heavy atom. The van der Waals surface area contributed by atoms with Gasteiger partial charge in [0.2, 0.25) is 0 Å². The van der Waals surface area contributed by atoms with Crippen molar-refractivity contribution in [2.75, 3.05) is 18.5 Å². The summed E-state index contributed by atoms with van der Waals surface area (Å²) >= 11 is 7.94. The molecule has 0 atom stereocenters. The van der Waals surface area contributed by atoms with Crippen molar-refractivity contribution in [2.45, 2.75) is 13.2 Å². The molecule has 0 radical (unpaired) electrons. The van der Waals surface area contributed by atoms with E-state index in [9.17, 15) is 4.39 Å². The predicted molar refractivity (Wildman–Crippen MR) is 145 cm³/mol. The highest BCUT2D eigenvalue weighted by Crippen LogP contribution is 2.34. The summed E-state index contributed by atoms with van der Waals surface area (Å²) in [6, 6.07) is 19.7. The molecule has 7 nitrogen and oxygen atoms in total. The number of nitrogens with one attached hydrogen (secondary N) is 2. The molecule has 188 valence electrons. The van der Waals surface area contributed by atoms with Crippen LogP contribution in [0.2, 0.25) is 5.02 Å². The number of aromatic nitrogens is 3. The van der Waals surface area contributed by atoms with Crippen molar-refractivity contribution >= 4 is 44.8 Å². The monoisotopic (exact) mass is 535 g/mol. The zero-order chi connectivity index (χ0) is 25.6. The lowest BCUT2D eigenvalue weighted by Gasteiger charge is -2.11. The van der Waals surface area contributed by atoms with Gasteiger partial charge in [-0.3, -0.25) is 0 Å². The maximum absolute atomic E-state index is 13.4. The molecular weight excluding hydrogens is 513 g/mol. The Bertz CT molecular complexity index is 1530. The molecule has 5 rings (SSSR count). The average Bonchev–Trinajstić information content (AvgIpc) is 3.34. The lowest BCUT2D eigenvalue weighted by Crippen LogP contribution is -2.17. The Labute approximate surface area is 222 Å². The second-order valence-corrected chi connectivity index (χ2v) is 9.57. The standard InChI is InChI=1S/C27H23ClFN5O2S/c28-22-13-21(7-8-23(22)36-15-18-4-2-6-20(29)12-18)33-25-24-27(32-16-31-25)37-26(34-24)19-5-1-3-17(11-19)14-30-9-10-35/h1-8,11-13,16,30,35H,9-10,14-15H2,(H,31,32,33). The molecule has 0 bridgehead atoms. The van der Waals surface area contributed by atoms with Gasteiger partial charge in [-0.05, 0) is 47.5 Å². The first kappa shape index (κ1) is 25.0. The summed E-state index contributed by atoms with van der Waals surface area (Å²) in [4.78, 5) is 14.4. The van der Waals surface area contributed by atoms with Gasteiger partial charge in [0, 0.05) is 24.3 Å². The Morgan fingerprint density at radius 3 is 2.70 bits per heavy atom. The normalized spacial score (nSPS) is 11.1. The Kier molecular flexibility index (Phi) is 7.86. The minimum Gasteiger partial charge on any atom is -0.487 e. The number of nitrogens with zero attached hydrogens (tertiary/aromatic N) is 3. The number of anilines is 2. The molecule has 0 saturated heterocycles. The molecule has 0 saturated carbocycles. The van der Waals surface area contributed by atoms with E-state index < -0.39 is 0 Å². The van der Waals surface area contributed by atoms with Gasteiger partial charge in [0.05, 0.1) is 11.6 Å². The zero-order valence-electron chi connectivity index (χ0n) is 19.6. The maximum Gasteiger partial charge on any atom is 0.161 e. The third-order valence-corrected chi connectivity index (χ3v) is 6.77. The largest absolute Gasteiger partial charge is 0.487 e. The van der Waals surface area contributed by atoms with E-state index in [1.807, 2.05) is 24.3 Å². The van der Waals surface area contributed by atoms with Gasteiger partial charge in [0.1, 0.15) is 39.9 Å². The van der Waals surface area contributed by atoms with Gasteiger partial charge in [0.25, 0.3) is 0 Å². The lowest BCUT2D eigenvalue weighted by molar-refractivity contribution is 0.292. The van der Waals surface area contributed by atoms with Crippen LogP contribution in [0.5, 0.6) is 5.75 Å². The smallest absolute Gasteiger partial charge is 0.161 e. The van der Waals surface area contributed by atoms with Crippen molar-refractivity contribution in [2.24, 2.45) is 0 Å². The summed E-state index contributed by atoms with van der Waals surface area (Å²) in [6.45, 7) is 1.51. The van der Waals surface area contributed by atoms with Crippen LogP contribution in [0.15, 0.2) is 73.1 Å². The molecule has 0 amide bonds. The number of hydrogen-bond acceptors (Lipinski definition) is 8. The summed E-state index contributed by atoms with van der Waals surface area (Å²) in [5.74, 6) is 0.752. The number of benzene rings is 3. The van der Waals surface area contributed by atoms with Gasteiger partial charge in [-0.2, -0.15) is 0 Å². The average molecular weight is 536 g/mol.